The van der Waals surface area contributed by atoms with Crippen molar-refractivity contribution in [3.63, 3.8) is 0 Å². The summed E-state index contributed by atoms with van der Waals surface area (Å²) in [7, 11) is 0. The van der Waals surface area contributed by atoms with Gasteiger partial charge in [0.05, 0.1) is 5.57 Å². The third-order valence-electron chi connectivity index (χ3n) is 6.05. The van der Waals surface area contributed by atoms with Crippen LogP contribution in [0.15, 0.2) is 46.8 Å². The van der Waals surface area contributed by atoms with Crippen molar-refractivity contribution >= 4 is 17.7 Å². The Bertz CT molecular complexity index is 935. The molecule has 1 aromatic rings. The summed E-state index contributed by atoms with van der Waals surface area (Å²) in [5, 5.41) is 3.31. The van der Waals surface area contributed by atoms with E-state index in [0.717, 1.165) is 55.5 Å². The molecule has 1 fully saturated rings. The lowest BCUT2D eigenvalue weighted by Gasteiger charge is -2.34. The SMILES string of the molecule is CC(=O)Oc1ccc([C@@H]2C(C(=O)OC3CCCC3)=C(C)NC3=C2C(=O)CCC3)cc1. The van der Waals surface area contributed by atoms with Gasteiger partial charge in [0.15, 0.2) is 5.78 Å². The van der Waals surface area contributed by atoms with Crippen molar-refractivity contribution < 1.29 is 23.9 Å². The molecule has 6 heteroatoms. The number of allylic oxidation sites excluding steroid dienone is 3. The fraction of sp³-hybridized carbons (Fsp3) is 0.458. The van der Waals surface area contributed by atoms with E-state index in [0.29, 0.717) is 23.3 Å². The molecule has 0 aromatic heterocycles. The quantitative estimate of drug-likeness (QED) is 0.596. The summed E-state index contributed by atoms with van der Waals surface area (Å²) in [5.41, 5.74) is 3.60. The number of ketones is 1. The Morgan fingerprint density at radius 3 is 2.40 bits per heavy atom. The first-order chi connectivity index (χ1) is 14.4. The van der Waals surface area contributed by atoms with Crippen LogP contribution in [-0.4, -0.2) is 23.8 Å². The van der Waals surface area contributed by atoms with Crippen LogP contribution >= 0.6 is 0 Å². The Hall–Kier alpha value is -2.89. The van der Waals surface area contributed by atoms with Gasteiger partial charge in [-0.25, -0.2) is 4.79 Å². The molecule has 30 heavy (non-hydrogen) atoms. The molecule has 0 unspecified atom stereocenters. The lowest BCUT2D eigenvalue weighted by Crippen LogP contribution is -2.35. The van der Waals surface area contributed by atoms with Crippen LogP contribution in [0.2, 0.25) is 0 Å². The molecule has 0 bridgehead atoms. The number of esters is 2. The second-order valence-corrected chi connectivity index (χ2v) is 8.24. The number of ether oxygens (including phenoxy) is 2. The molecule has 1 atom stereocenters. The fourth-order valence-corrected chi connectivity index (χ4v) is 4.70. The average molecular weight is 409 g/mol. The van der Waals surface area contributed by atoms with Gasteiger partial charge in [-0.15, -0.1) is 0 Å². The molecule has 0 amide bonds. The van der Waals surface area contributed by atoms with Crippen molar-refractivity contribution in [3.05, 3.63) is 52.4 Å². The van der Waals surface area contributed by atoms with E-state index in [9.17, 15) is 14.4 Å². The van der Waals surface area contributed by atoms with Crippen molar-refractivity contribution in [3.8, 4) is 5.75 Å². The highest BCUT2D eigenvalue weighted by atomic mass is 16.5. The van der Waals surface area contributed by atoms with E-state index in [1.54, 1.807) is 12.1 Å². The molecule has 1 aliphatic heterocycles. The molecule has 158 valence electrons. The van der Waals surface area contributed by atoms with Crippen LogP contribution in [0.5, 0.6) is 5.75 Å². The van der Waals surface area contributed by atoms with Gasteiger partial charge in [0.25, 0.3) is 0 Å². The first-order valence-corrected chi connectivity index (χ1v) is 10.7. The van der Waals surface area contributed by atoms with E-state index in [2.05, 4.69) is 5.32 Å². The minimum absolute atomic E-state index is 0.0535. The largest absolute Gasteiger partial charge is 0.459 e. The van der Waals surface area contributed by atoms with Gasteiger partial charge < -0.3 is 14.8 Å². The molecular formula is C24H27NO5. The third kappa shape index (κ3) is 4.04. The summed E-state index contributed by atoms with van der Waals surface area (Å²) in [6.45, 7) is 3.22. The van der Waals surface area contributed by atoms with Gasteiger partial charge in [0.2, 0.25) is 0 Å². The summed E-state index contributed by atoms with van der Waals surface area (Å²) >= 11 is 0. The van der Waals surface area contributed by atoms with E-state index in [4.69, 9.17) is 9.47 Å². The Labute approximate surface area is 176 Å². The molecule has 0 radical (unpaired) electrons. The molecule has 1 saturated carbocycles. The lowest BCUT2D eigenvalue weighted by atomic mass is 9.75. The van der Waals surface area contributed by atoms with Gasteiger partial charge in [0, 0.05) is 36.2 Å². The van der Waals surface area contributed by atoms with Gasteiger partial charge in [-0.05, 0) is 63.1 Å². The van der Waals surface area contributed by atoms with Gasteiger partial charge in [-0.2, -0.15) is 0 Å². The van der Waals surface area contributed by atoms with Crippen molar-refractivity contribution in [2.24, 2.45) is 0 Å². The fourth-order valence-electron chi connectivity index (χ4n) is 4.70. The number of hydrogen-bond acceptors (Lipinski definition) is 6. The zero-order valence-electron chi connectivity index (χ0n) is 17.5. The second kappa shape index (κ2) is 8.46. The highest BCUT2D eigenvalue weighted by Gasteiger charge is 2.39. The number of hydrogen-bond donors (Lipinski definition) is 1. The third-order valence-corrected chi connectivity index (χ3v) is 6.05. The van der Waals surface area contributed by atoms with Crippen LogP contribution in [0, 0.1) is 0 Å². The van der Waals surface area contributed by atoms with Crippen LogP contribution in [0.3, 0.4) is 0 Å². The van der Waals surface area contributed by atoms with Crippen molar-refractivity contribution in [2.45, 2.75) is 70.8 Å². The van der Waals surface area contributed by atoms with E-state index >= 15 is 0 Å². The minimum Gasteiger partial charge on any atom is -0.459 e. The number of dihydropyridines is 1. The number of rotatable bonds is 4. The predicted octanol–water partition coefficient (Wildman–Crippen LogP) is 4.07. The highest BCUT2D eigenvalue weighted by Crippen LogP contribution is 2.43. The molecule has 6 nitrogen and oxygen atoms in total. The van der Waals surface area contributed by atoms with Crippen LogP contribution in [0.25, 0.3) is 0 Å². The minimum atomic E-state index is -0.477. The normalized spacial score (nSPS) is 21.9. The maximum absolute atomic E-state index is 13.2. The monoisotopic (exact) mass is 409 g/mol. The molecular weight excluding hydrogens is 382 g/mol. The molecule has 2 aliphatic carbocycles. The first-order valence-electron chi connectivity index (χ1n) is 10.7. The summed E-state index contributed by atoms with van der Waals surface area (Å²) in [4.78, 5) is 37.3. The molecule has 3 aliphatic rings. The second-order valence-electron chi connectivity index (χ2n) is 8.24. The molecule has 4 rings (SSSR count). The van der Waals surface area contributed by atoms with Gasteiger partial charge in [-0.1, -0.05) is 12.1 Å². The molecule has 0 saturated heterocycles. The smallest absolute Gasteiger partial charge is 0.337 e. The van der Waals surface area contributed by atoms with Crippen molar-refractivity contribution in [1.82, 2.24) is 5.32 Å². The highest BCUT2D eigenvalue weighted by molar-refractivity contribution is 6.03. The van der Waals surface area contributed by atoms with Crippen molar-refractivity contribution in [1.29, 1.82) is 0 Å². The Balaban J connectivity index is 1.72. The first kappa shape index (κ1) is 20.4. The van der Waals surface area contributed by atoms with Crippen LogP contribution < -0.4 is 10.1 Å². The number of benzene rings is 1. The van der Waals surface area contributed by atoms with E-state index in [1.807, 2.05) is 19.1 Å². The standard InChI is InChI=1S/C24H27NO5/c1-14-21(24(28)30-17-6-3-4-7-17)22(23-19(25-14)8-5-9-20(23)27)16-10-12-18(13-11-16)29-15(2)26/h10-13,17,22,25H,3-9H2,1-2H3/t22-/m1/s1. The molecule has 0 spiro atoms. The summed E-state index contributed by atoms with van der Waals surface area (Å²) in [6, 6.07) is 7.02. The molecule has 1 N–H and O–H groups in total. The maximum atomic E-state index is 13.2. The Morgan fingerprint density at radius 2 is 1.73 bits per heavy atom. The van der Waals surface area contributed by atoms with Gasteiger partial charge in [-0.3, -0.25) is 9.59 Å². The average Bonchev–Trinajstić information content (AvgIpc) is 3.20. The topological polar surface area (TPSA) is 81.7 Å². The van der Waals surface area contributed by atoms with E-state index in [-0.39, 0.29) is 17.9 Å². The summed E-state index contributed by atoms with van der Waals surface area (Å²) in [5.74, 6) is -0.731. The Kier molecular flexibility index (Phi) is 5.75. The van der Waals surface area contributed by atoms with Crippen LogP contribution in [-0.2, 0) is 19.1 Å². The number of Topliss-reactive ketones (excluding diaryl/α,β-unsaturated/α-hetero) is 1. The summed E-state index contributed by atoms with van der Waals surface area (Å²) < 4.78 is 11.0. The molecule has 1 heterocycles. The maximum Gasteiger partial charge on any atom is 0.337 e. The van der Waals surface area contributed by atoms with Crippen molar-refractivity contribution in [2.75, 3.05) is 0 Å². The number of nitrogens with one attached hydrogen (secondary N) is 1. The van der Waals surface area contributed by atoms with Gasteiger partial charge >= 0.3 is 11.9 Å². The van der Waals surface area contributed by atoms with E-state index in [1.165, 1.54) is 6.92 Å². The lowest BCUT2D eigenvalue weighted by molar-refractivity contribution is -0.144. The van der Waals surface area contributed by atoms with Gasteiger partial charge in [0.1, 0.15) is 11.9 Å². The zero-order chi connectivity index (χ0) is 21.3. The van der Waals surface area contributed by atoms with Crippen LogP contribution in [0.4, 0.5) is 0 Å². The molecule has 1 aromatic carbocycles. The summed E-state index contributed by atoms with van der Waals surface area (Å²) in [6.07, 6.45) is 5.93. The number of carbonyl (C=O) groups excluding carboxylic acids is 3. The van der Waals surface area contributed by atoms with E-state index < -0.39 is 11.9 Å². The number of carbonyl (C=O) groups is 3. The zero-order valence-corrected chi connectivity index (χ0v) is 17.5. The van der Waals surface area contributed by atoms with Crippen LogP contribution in [0.1, 0.15) is 70.3 Å². The Morgan fingerprint density at radius 1 is 1.03 bits per heavy atom. The predicted molar refractivity (Wildman–Crippen MR) is 111 cm³/mol.